The van der Waals surface area contributed by atoms with Gasteiger partial charge >= 0.3 is 146 Å². The number of halogens is 2. The van der Waals surface area contributed by atoms with Crippen LogP contribution in [-0.4, -0.2) is 4.31 Å². The van der Waals surface area contributed by atoms with Crippen LogP contribution in [0.4, 0.5) is 0 Å². The molecule has 0 atom stereocenters. The topological polar surface area (TPSA) is 0 Å². The molecule has 0 heterocycles. The van der Waals surface area contributed by atoms with Crippen LogP contribution in [0.3, 0.4) is 0 Å². The van der Waals surface area contributed by atoms with E-state index in [-0.39, 0.29) is 0 Å². The summed E-state index contributed by atoms with van der Waals surface area (Å²) in [7, 11) is 14.7. The molecule has 2 aliphatic carbocycles. The van der Waals surface area contributed by atoms with Crippen LogP contribution in [0, 0.1) is 0 Å². The second kappa shape index (κ2) is 5.29. The van der Waals surface area contributed by atoms with Crippen molar-refractivity contribution >= 4 is 35.1 Å². The molecular weight excluding hydrogens is 359 g/mol. The molecule has 0 unspecified atom stereocenters. The van der Waals surface area contributed by atoms with Gasteiger partial charge in [0.25, 0.3) is 0 Å². The fraction of sp³-hybridized carbons (Fsp3) is 0.150. The summed E-state index contributed by atoms with van der Waals surface area (Å²) in [4.78, 5) is 0. The molecule has 2 aromatic carbocycles. The number of rotatable bonds is 2. The van der Waals surface area contributed by atoms with E-state index in [4.69, 9.17) is 18.6 Å². The SMILES string of the molecule is C[CH]=[Ti]([Cl])([Cl])([C]1=Cc2ccccc2C1)[C]1=Cc2ccccc2C1. The van der Waals surface area contributed by atoms with Crippen LogP contribution in [0.2, 0.25) is 0 Å². The maximum absolute atomic E-state index is 7.34. The molecule has 23 heavy (non-hydrogen) atoms. The first-order chi connectivity index (χ1) is 11.0. The maximum atomic E-state index is 7.34. The summed E-state index contributed by atoms with van der Waals surface area (Å²) in [5.74, 6) is 0. The molecule has 0 bridgehead atoms. The third-order valence-electron chi connectivity index (χ3n) is 5.22. The van der Waals surface area contributed by atoms with Crippen LogP contribution in [0.5, 0.6) is 0 Å². The van der Waals surface area contributed by atoms with Crippen molar-refractivity contribution < 1.29 is 12.7 Å². The summed E-state index contributed by atoms with van der Waals surface area (Å²) in [6.07, 6.45) is 6.21. The van der Waals surface area contributed by atoms with E-state index in [2.05, 4.69) is 65.0 Å². The summed E-state index contributed by atoms with van der Waals surface area (Å²) < 4.78 is 4.58. The predicted octanol–water partition coefficient (Wildman–Crippen LogP) is 6.00. The molecule has 0 N–H and O–H groups in total. The fourth-order valence-corrected chi connectivity index (χ4v) is 10.4. The third-order valence-corrected chi connectivity index (χ3v) is 17.3. The summed E-state index contributed by atoms with van der Waals surface area (Å²) >= 11 is -4.02. The number of hydrogen-bond acceptors (Lipinski definition) is 0. The van der Waals surface area contributed by atoms with Gasteiger partial charge in [0.2, 0.25) is 0 Å². The van der Waals surface area contributed by atoms with Crippen molar-refractivity contribution in [3.05, 3.63) is 78.5 Å². The van der Waals surface area contributed by atoms with E-state index in [1.54, 1.807) is 0 Å². The van der Waals surface area contributed by atoms with Crippen LogP contribution in [0.25, 0.3) is 12.2 Å². The van der Waals surface area contributed by atoms with Crippen LogP contribution < -0.4 is 0 Å². The molecule has 0 aliphatic heterocycles. The van der Waals surface area contributed by atoms with E-state index >= 15 is 0 Å². The van der Waals surface area contributed by atoms with Crippen molar-refractivity contribution in [3.8, 4) is 0 Å². The Morgan fingerprint density at radius 1 is 0.783 bits per heavy atom. The van der Waals surface area contributed by atoms with Crippen LogP contribution in [-0.2, 0) is 25.6 Å². The third kappa shape index (κ3) is 2.36. The normalized spacial score (nSPS) is 16.5. The van der Waals surface area contributed by atoms with E-state index in [9.17, 15) is 0 Å². The number of benzene rings is 2. The van der Waals surface area contributed by atoms with Crippen LogP contribution in [0.1, 0.15) is 29.2 Å². The molecule has 116 valence electrons. The van der Waals surface area contributed by atoms with E-state index in [0.29, 0.717) is 0 Å². The standard InChI is InChI=1S/2C9H7.C2H4.2ClH.Ti/c2*1-2-5-9-7-3-6-8(9)4-1;1-2;;;/h2*1-2,4-6H,7H2;1H,2H3;2*1H;/q;;;;;+2/p-2. The number of fused-ring (bicyclic) bond motifs is 2. The van der Waals surface area contributed by atoms with Gasteiger partial charge in [-0.1, -0.05) is 0 Å². The van der Waals surface area contributed by atoms with E-state index in [1.165, 1.54) is 30.0 Å². The van der Waals surface area contributed by atoms with E-state index in [1.807, 2.05) is 6.92 Å². The molecule has 3 heteroatoms. The Kier molecular flexibility index (Phi) is 3.59. The van der Waals surface area contributed by atoms with Crippen molar-refractivity contribution in [2.75, 3.05) is 0 Å². The molecule has 2 aromatic rings. The first-order valence-electron chi connectivity index (χ1n) is 7.97. The van der Waals surface area contributed by atoms with Crippen LogP contribution >= 0.6 is 18.6 Å². The summed E-state index contributed by atoms with van der Waals surface area (Å²) in [6, 6.07) is 17.0. The molecule has 0 nitrogen and oxygen atoms in total. The van der Waals surface area contributed by atoms with Crippen molar-refractivity contribution in [3.63, 3.8) is 0 Å². The Labute approximate surface area is 145 Å². The van der Waals surface area contributed by atoms with Gasteiger partial charge in [-0.3, -0.25) is 0 Å². The first kappa shape index (κ1) is 15.6. The van der Waals surface area contributed by atoms with Gasteiger partial charge in [0.05, 0.1) is 0 Å². The Bertz CT molecular complexity index is 872. The number of hydrogen-bond donors (Lipinski definition) is 0. The van der Waals surface area contributed by atoms with Gasteiger partial charge < -0.3 is 0 Å². The molecule has 0 fully saturated rings. The van der Waals surface area contributed by atoms with Crippen molar-refractivity contribution in [1.29, 1.82) is 0 Å². The summed E-state index contributed by atoms with van der Waals surface area (Å²) in [6.45, 7) is 2.03. The molecule has 0 saturated heterocycles. The average Bonchev–Trinajstić information content (AvgIpc) is 3.20. The zero-order valence-corrected chi connectivity index (χ0v) is 16.1. The second-order valence-corrected chi connectivity index (χ2v) is 20.0. The first-order valence-corrected chi connectivity index (χ1v) is 14.7. The monoisotopic (exact) mass is 376 g/mol. The van der Waals surface area contributed by atoms with E-state index in [0.717, 1.165) is 12.8 Å². The predicted molar refractivity (Wildman–Crippen MR) is 99.7 cm³/mol. The summed E-state index contributed by atoms with van der Waals surface area (Å²) in [5.41, 5.74) is 5.18. The van der Waals surface area contributed by atoms with Crippen LogP contribution in [0.15, 0.2) is 56.3 Å². The van der Waals surface area contributed by atoms with Gasteiger partial charge in [0, 0.05) is 0 Å². The van der Waals surface area contributed by atoms with Gasteiger partial charge in [0.15, 0.2) is 0 Å². The Hall–Kier alpha value is -0.916. The van der Waals surface area contributed by atoms with Gasteiger partial charge in [-0.15, -0.1) is 0 Å². The zero-order valence-electron chi connectivity index (χ0n) is 13.0. The van der Waals surface area contributed by atoms with Crippen molar-refractivity contribution in [2.45, 2.75) is 19.8 Å². The molecule has 0 radical (unpaired) electrons. The molecule has 0 spiro atoms. The van der Waals surface area contributed by atoms with Gasteiger partial charge in [-0.25, -0.2) is 0 Å². The molecular formula is C20H18Cl2Ti. The summed E-state index contributed by atoms with van der Waals surface area (Å²) in [5, 5.41) is 0. The minimum atomic E-state index is -4.02. The molecule has 2 aliphatic rings. The zero-order chi connectivity index (χ0) is 16.1. The average molecular weight is 377 g/mol. The van der Waals surface area contributed by atoms with E-state index < -0.39 is 12.7 Å². The second-order valence-electron chi connectivity index (χ2n) is 6.46. The molecule has 0 saturated carbocycles. The Balaban J connectivity index is 1.83. The fourth-order valence-electron chi connectivity index (χ4n) is 3.73. The van der Waals surface area contributed by atoms with Gasteiger partial charge in [-0.2, -0.15) is 0 Å². The molecule has 0 aromatic heterocycles. The Morgan fingerprint density at radius 2 is 1.22 bits per heavy atom. The molecule has 0 amide bonds. The Morgan fingerprint density at radius 3 is 1.61 bits per heavy atom. The van der Waals surface area contributed by atoms with Crippen molar-refractivity contribution in [2.24, 2.45) is 0 Å². The quantitative estimate of drug-likeness (QED) is 0.563. The minimum absolute atomic E-state index is 0.873. The molecule has 4 rings (SSSR count). The van der Waals surface area contributed by atoms with Crippen molar-refractivity contribution in [1.82, 2.24) is 0 Å². The van der Waals surface area contributed by atoms with Gasteiger partial charge in [0.1, 0.15) is 0 Å². The number of allylic oxidation sites excluding steroid dienone is 2. The van der Waals surface area contributed by atoms with Gasteiger partial charge in [-0.05, 0) is 0 Å².